The van der Waals surface area contributed by atoms with Crippen LogP contribution in [0.1, 0.15) is 18.9 Å². The van der Waals surface area contributed by atoms with Gasteiger partial charge in [0.2, 0.25) is 0 Å². The molecule has 3 aromatic rings. The predicted molar refractivity (Wildman–Crippen MR) is 104 cm³/mol. The molecule has 1 aromatic carbocycles. The smallest absolute Gasteiger partial charge is 0.123 e. The number of nitrogens with zero attached hydrogens (tertiary/aromatic N) is 2. The molecule has 1 aliphatic rings. The molecule has 1 N–H and O–H groups in total. The van der Waals surface area contributed by atoms with Gasteiger partial charge >= 0.3 is 0 Å². The van der Waals surface area contributed by atoms with Gasteiger partial charge in [0.05, 0.1) is 5.69 Å². The Morgan fingerprint density at radius 1 is 1.08 bits per heavy atom. The first-order valence-corrected chi connectivity index (χ1v) is 9.05. The number of hydrogen-bond donors (Lipinski definition) is 1. The summed E-state index contributed by atoms with van der Waals surface area (Å²) in [5.41, 5.74) is 6.88. The van der Waals surface area contributed by atoms with Gasteiger partial charge in [-0.1, -0.05) is 13.0 Å². The van der Waals surface area contributed by atoms with Gasteiger partial charge in [0, 0.05) is 42.8 Å². The fraction of sp³-hybridized carbons (Fsp3) is 0.227. The molecule has 0 saturated carbocycles. The zero-order chi connectivity index (χ0) is 17.9. The lowest BCUT2D eigenvalue weighted by atomic mass is 9.92. The molecular formula is C22H22FN3. The van der Waals surface area contributed by atoms with Crippen LogP contribution >= 0.6 is 0 Å². The number of likely N-dealkylation sites (N-methyl/N-ethyl adjacent to an activating group) is 1. The number of nitrogens with one attached hydrogen (secondary N) is 1. The fourth-order valence-electron chi connectivity index (χ4n) is 3.58. The fourth-order valence-corrected chi connectivity index (χ4v) is 3.58. The van der Waals surface area contributed by atoms with E-state index in [4.69, 9.17) is 0 Å². The standard InChI is InChI=1S/C22H22FN3/c1-2-26-13-9-16(10-14-26)20-15-25-22(18-3-5-19(23)6-4-18)21(20)17-7-11-24-12-8-17/h3-9,11-12,15,25H,2,10,13-14H2,1H3. The van der Waals surface area contributed by atoms with Crippen molar-refractivity contribution in [1.29, 1.82) is 0 Å². The second-order valence-corrected chi connectivity index (χ2v) is 6.57. The van der Waals surface area contributed by atoms with Crippen molar-refractivity contribution < 1.29 is 4.39 Å². The first kappa shape index (κ1) is 16.7. The maximum absolute atomic E-state index is 13.4. The van der Waals surface area contributed by atoms with Gasteiger partial charge in [-0.2, -0.15) is 0 Å². The molecule has 3 nitrogen and oxygen atoms in total. The number of benzene rings is 1. The van der Waals surface area contributed by atoms with Crippen LogP contribution in [0.25, 0.3) is 28.0 Å². The minimum atomic E-state index is -0.222. The number of aromatic amines is 1. The third-order valence-corrected chi connectivity index (χ3v) is 5.07. The van der Waals surface area contributed by atoms with E-state index < -0.39 is 0 Å². The minimum Gasteiger partial charge on any atom is -0.360 e. The molecule has 0 atom stereocenters. The molecule has 4 heteroatoms. The number of H-pyrrole nitrogens is 1. The Morgan fingerprint density at radius 2 is 1.85 bits per heavy atom. The van der Waals surface area contributed by atoms with Crippen molar-refractivity contribution in [3.8, 4) is 22.4 Å². The number of hydrogen-bond acceptors (Lipinski definition) is 2. The molecule has 0 bridgehead atoms. The van der Waals surface area contributed by atoms with Crippen LogP contribution in [0.2, 0.25) is 0 Å². The molecule has 0 unspecified atom stereocenters. The van der Waals surface area contributed by atoms with Gasteiger partial charge in [0.25, 0.3) is 0 Å². The van der Waals surface area contributed by atoms with Gasteiger partial charge in [0.1, 0.15) is 5.82 Å². The topological polar surface area (TPSA) is 31.9 Å². The van der Waals surface area contributed by atoms with Crippen molar-refractivity contribution >= 4 is 5.57 Å². The Balaban J connectivity index is 1.83. The van der Waals surface area contributed by atoms with Crippen molar-refractivity contribution in [2.75, 3.05) is 19.6 Å². The third-order valence-electron chi connectivity index (χ3n) is 5.07. The van der Waals surface area contributed by atoms with Crippen molar-refractivity contribution in [2.45, 2.75) is 13.3 Å². The summed E-state index contributed by atoms with van der Waals surface area (Å²) >= 11 is 0. The largest absolute Gasteiger partial charge is 0.360 e. The maximum atomic E-state index is 13.4. The average molecular weight is 347 g/mol. The van der Waals surface area contributed by atoms with Crippen molar-refractivity contribution in [3.05, 3.63) is 72.4 Å². The van der Waals surface area contributed by atoms with E-state index in [1.165, 1.54) is 23.3 Å². The van der Waals surface area contributed by atoms with Crippen LogP contribution in [0.4, 0.5) is 4.39 Å². The van der Waals surface area contributed by atoms with E-state index in [-0.39, 0.29) is 5.82 Å². The van der Waals surface area contributed by atoms with Crippen LogP contribution in [0.15, 0.2) is 61.1 Å². The molecule has 0 aliphatic carbocycles. The van der Waals surface area contributed by atoms with E-state index >= 15 is 0 Å². The highest BCUT2D eigenvalue weighted by Crippen LogP contribution is 2.39. The highest BCUT2D eigenvalue weighted by molar-refractivity contribution is 5.91. The Labute approximate surface area is 153 Å². The van der Waals surface area contributed by atoms with Gasteiger partial charge in [-0.3, -0.25) is 9.88 Å². The summed E-state index contributed by atoms with van der Waals surface area (Å²) in [7, 11) is 0. The summed E-state index contributed by atoms with van der Waals surface area (Å²) in [4.78, 5) is 10.0. The Kier molecular flexibility index (Phi) is 4.67. The van der Waals surface area contributed by atoms with Crippen molar-refractivity contribution in [3.63, 3.8) is 0 Å². The molecule has 3 heterocycles. The molecule has 0 saturated heterocycles. The summed E-state index contributed by atoms with van der Waals surface area (Å²) in [6.07, 6.45) is 9.08. The zero-order valence-electron chi connectivity index (χ0n) is 14.9. The number of aromatic nitrogens is 2. The van der Waals surface area contributed by atoms with Gasteiger partial charge in [-0.05, 0) is 66.1 Å². The van der Waals surface area contributed by atoms with Crippen LogP contribution in [-0.4, -0.2) is 34.5 Å². The molecule has 26 heavy (non-hydrogen) atoms. The van der Waals surface area contributed by atoms with Crippen molar-refractivity contribution in [2.24, 2.45) is 0 Å². The Hall–Kier alpha value is -2.72. The number of rotatable bonds is 4. The van der Waals surface area contributed by atoms with E-state index in [0.29, 0.717) is 0 Å². The van der Waals surface area contributed by atoms with Crippen molar-refractivity contribution in [1.82, 2.24) is 14.9 Å². The van der Waals surface area contributed by atoms with E-state index in [1.807, 2.05) is 36.7 Å². The first-order valence-electron chi connectivity index (χ1n) is 9.05. The zero-order valence-corrected chi connectivity index (χ0v) is 14.9. The second-order valence-electron chi connectivity index (χ2n) is 6.57. The average Bonchev–Trinajstić information content (AvgIpc) is 3.14. The van der Waals surface area contributed by atoms with Crippen LogP contribution in [-0.2, 0) is 0 Å². The molecule has 2 aromatic heterocycles. The monoisotopic (exact) mass is 347 g/mol. The highest BCUT2D eigenvalue weighted by Gasteiger charge is 2.20. The lowest BCUT2D eigenvalue weighted by molar-refractivity contribution is 0.319. The molecule has 0 amide bonds. The SMILES string of the molecule is CCN1CC=C(c2c[nH]c(-c3ccc(F)cc3)c2-c2ccncc2)CC1. The van der Waals surface area contributed by atoms with Crippen LogP contribution in [0.3, 0.4) is 0 Å². The summed E-state index contributed by atoms with van der Waals surface area (Å²) in [5, 5.41) is 0. The molecule has 0 fully saturated rings. The lowest BCUT2D eigenvalue weighted by Crippen LogP contribution is -2.28. The Morgan fingerprint density at radius 3 is 2.50 bits per heavy atom. The Bertz CT molecular complexity index is 910. The quantitative estimate of drug-likeness (QED) is 0.721. The molecule has 132 valence electrons. The highest BCUT2D eigenvalue weighted by atomic mass is 19.1. The normalized spacial score (nSPS) is 15.1. The second kappa shape index (κ2) is 7.26. The van der Waals surface area contributed by atoms with E-state index in [2.05, 4.69) is 34.1 Å². The third kappa shape index (κ3) is 3.20. The van der Waals surface area contributed by atoms with Gasteiger partial charge in [0.15, 0.2) is 0 Å². The van der Waals surface area contributed by atoms with Gasteiger partial charge in [-0.15, -0.1) is 0 Å². The van der Waals surface area contributed by atoms with E-state index in [1.54, 1.807) is 0 Å². The van der Waals surface area contributed by atoms with Crippen LogP contribution < -0.4 is 0 Å². The molecule has 1 aliphatic heterocycles. The van der Waals surface area contributed by atoms with Crippen LogP contribution in [0, 0.1) is 5.82 Å². The summed E-state index contributed by atoms with van der Waals surface area (Å²) in [6, 6.07) is 10.7. The molecular weight excluding hydrogens is 325 g/mol. The predicted octanol–water partition coefficient (Wildman–Crippen LogP) is 4.99. The maximum Gasteiger partial charge on any atom is 0.123 e. The first-order chi connectivity index (χ1) is 12.8. The van der Waals surface area contributed by atoms with E-state index in [9.17, 15) is 4.39 Å². The summed E-state index contributed by atoms with van der Waals surface area (Å²) in [5.74, 6) is -0.222. The lowest BCUT2D eigenvalue weighted by Gasteiger charge is -2.25. The molecule has 0 radical (unpaired) electrons. The minimum absolute atomic E-state index is 0.222. The molecule has 0 spiro atoms. The summed E-state index contributed by atoms with van der Waals surface area (Å²) < 4.78 is 13.4. The van der Waals surface area contributed by atoms with Gasteiger partial charge in [-0.25, -0.2) is 4.39 Å². The number of halogens is 1. The van der Waals surface area contributed by atoms with Gasteiger partial charge < -0.3 is 4.98 Å². The molecule has 4 rings (SSSR count). The summed E-state index contributed by atoms with van der Waals surface area (Å²) in [6.45, 7) is 5.34. The van der Waals surface area contributed by atoms with Crippen LogP contribution in [0.5, 0.6) is 0 Å². The number of pyridine rings is 1. The van der Waals surface area contributed by atoms with E-state index in [0.717, 1.165) is 48.4 Å².